The predicted octanol–water partition coefficient (Wildman–Crippen LogP) is 4.95. The van der Waals surface area contributed by atoms with E-state index in [-0.39, 0.29) is 0 Å². The molecule has 0 aliphatic rings. The van der Waals surface area contributed by atoms with Crippen LogP contribution in [0.25, 0.3) is 0 Å². The monoisotopic (exact) mass is 377 g/mol. The first-order valence-electron chi connectivity index (χ1n) is 5.67. The Morgan fingerprint density at radius 1 is 1.20 bits per heavy atom. The average Bonchev–Trinajstić information content (AvgIpc) is 2.43. The van der Waals surface area contributed by atoms with Gasteiger partial charge in [0.1, 0.15) is 11.6 Å². The first kappa shape index (κ1) is 15.6. The van der Waals surface area contributed by atoms with Gasteiger partial charge in [-0.15, -0.1) is 0 Å². The second-order valence-electron chi connectivity index (χ2n) is 4.16. The Bertz CT molecular complexity index is 651. The second kappa shape index (κ2) is 6.31. The summed E-state index contributed by atoms with van der Waals surface area (Å²) >= 11 is 15.0. The molecule has 0 fully saturated rings. The van der Waals surface area contributed by atoms with Crippen molar-refractivity contribution in [3.8, 4) is 5.75 Å². The zero-order chi connectivity index (χ0) is 14.9. The highest BCUT2D eigenvalue weighted by Gasteiger charge is 2.17. The normalized spacial score (nSPS) is 12.3. The molecule has 0 spiro atoms. The van der Waals surface area contributed by atoms with Crippen molar-refractivity contribution >= 4 is 39.1 Å². The molecule has 106 valence electrons. The number of rotatable bonds is 3. The fraction of sp³-hybridized carbons (Fsp3) is 0.143. The second-order valence-corrected chi connectivity index (χ2v) is 5.83. The minimum absolute atomic E-state index is 0.323. The number of ether oxygens (including phenoxy) is 1. The van der Waals surface area contributed by atoms with E-state index in [2.05, 4.69) is 15.9 Å². The third-order valence-electron chi connectivity index (χ3n) is 2.91. The Morgan fingerprint density at radius 2 is 1.90 bits per heavy atom. The highest BCUT2D eigenvalue weighted by Crippen LogP contribution is 2.34. The molecule has 6 heteroatoms. The van der Waals surface area contributed by atoms with Crippen molar-refractivity contribution in [1.29, 1.82) is 0 Å². The van der Waals surface area contributed by atoms with Crippen molar-refractivity contribution in [2.75, 3.05) is 7.11 Å². The molecule has 2 nitrogen and oxygen atoms in total. The maximum atomic E-state index is 13.5. The van der Waals surface area contributed by atoms with Crippen LogP contribution >= 0.6 is 39.1 Å². The molecule has 0 saturated carbocycles. The van der Waals surface area contributed by atoms with E-state index >= 15 is 0 Å². The lowest BCUT2D eigenvalue weighted by atomic mass is 9.98. The lowest BCUT2D eigenvalue weighted by Gasteiger charge is -2.17. The van der Waals surface area contributed by atoms with Gasteiger partial charge in [0, 0.05) is 11.6 Å². The minimum atomic E-state index is -0.503. The number of hydrogen-bond acceptors (Lipinski definition) is 2. The Morgan fingerprint density at radius 3 is 2.50 bits per heavy atom. The van der Waals surface area contributed by atoms with Crippen LogP contribution < -0.4 is 10.5 Å². The molecule has 1 atom stereocenters. The SMILES string of the molecule is COc1cc(F)c(Br)cc1C(N)c1ccc(Cl)c(Cl)c1. The van der Waals surface area contributed by atoms with E-state index in [9.17, 15) is 4.39 Å². The average molecular weight is 379 g/mol. The predicted molar refractivity (Wildman–Crippen MR) is 83.1 cm³/mol. The van der Waals surface area contributed by atoms with E-state index in [1.807, 2.05) is 0 Å². The maximum absolute atomic E-state index is 13.5. The van der Waals surface area contributed by atoms with Crippen LogP contribution in [-0.4, -0.2) is 7.11 Å². The summed E-state index contributed by atoms with van der Waals surface area (Å²) in [7, 11) is 1.47. The fourth-order valence-corrected chi connectivity index (χ4v) is 2.52. The van der Waals surface area contributed by atoms with E-state index < -0.39 is 11.9 Å². The Kier molecular flexibility index (Phi) is 4.91. The molecule has 0 aliphatic heterocycles. The van der Waals surface area contributed by atoms with Gasteiger partial charge in [-0.05, 0) is 39.7 Å². The summed E-state index contributed by atoms with van der Waals surface area (Å²) < 4.78 is 19.0. The Labute approximate surface area is 134 Å². The molecule has 0 heterocycles. The van der Waals surface area contributed by atoms with E-state index in [0.717, 1.165) is 5.56 Å². The van der Waals surface area contributed by atoms with Crippen LogP contribution in [0.3, 0.4) is 0 Å². The summed E-state index contributed by atoms with van der Waals surface area (Å²) in [6, 6.07) is 7.51. The van der Waals surface area contributed by atoms with E-state index in [4.69, 9.17) is 33.7 Å². The van der Waals surface area contributed by atoms with Crippen LogP contribution in [0.15, 0.2) is 34.8 Å². The van der Waals surface area contributed by atoms with Crippen LogP contribution in [-0.2, 0) is 0 Å². The van der Waals surface area contributed by atoms with Crippen LogP contribution in [0.5, 0.6) is 5.75 Å². The quantitative estimate of drug-likeness (QED) is 0.819. The topological polar surface area (TPSA) is 35.2 Å². The molecule has 0 saturated heterocycles. The van der Waals surface area contributed by atoms with Crippen LogP contribution in [0, 0.1) is 5.82 Å². The van der Waals surface area contributed by atoms with Gasteiger partial charge >= 0.3 is 0 Å². The number of benzene rings is 2. The minimum Gasteiger partial charge on any atom is -0.496 e. The summed E-state index contributed by atoms with van der Waals surface area (Å²) in [6.45, 7) is 0. The van der Waals surface area contributed by atoms with Crippen LogP contribution in [0.4, 0.5) is 4.39 Å². The van der Waals surface area contributed by atoms with Crippen molar-refractivity contribution in [1.82, 2.24) is 0 Å². The zero-order valence-corrected chi connectivity index (χ0v) is 13.6. The molecule has 2 aromatic carbocycles. The lowest BCUT2D eigenvalue weighted by molar-refractivity contribution is 0.404. The highest BCUT2D eigenvalue weighted by molar-refractivity contribution is 9.10. The Hall–Kier alpha value is -0.810. The first-order chi connectivity index (χ1) is 9.43. The number of nitrogens with two attached hydrogens (primary N) is 1. The van der Waals surface area contributed by atoms with Gasteiger partial charge in [0.2, 0.25) is 0 Å². The van der Waals surface area contributed by atoms with Gasteiger partial charge in [0.05, 0.1) is 27.7 Å². The van der Waals surface area contributed by atoms with Gasteiger partial charge in [-0.3, -0.25) is 0 Å². The number of hydrogen-bond donors (Lipinski definition) is 1. The molecule has 0 aromatic heterocycles. The lowest BCUT2D eigenvalue weighted by Crippen LogP contribution is -2.13. The summed E-state index contributed by atoms with van der Waals surface area (Å²) in [5.41, 5.74) is 7.62. The van der Waals surface area contributed by atoms with Crippen LogP contribution in [0.2, 0.25) is 10.0 Å². The van der Waals surface area contributed by atoms with Gasteiger partial charge < -0.3 is 10.5 Å². The van der Waals surface area contributed by atoms with Crippen molar-refractivity contribution in [2.45, 2.75) is 6.04 Å². The molecule has 1 unspecified atom stereocenters. The summed E-state index contributed by atoms with van der Waals surface area (Å²) in [5.74, 6) is -0.0313. The van der Waals surface area contributed by atoms with Gasteiger partial charge in [-0.25, -0.2) is 4.39 Å². The molecule has 0 bridgehead atoms. The van der Waals surface area contributed by atoms with Gasteiger partial charge in [-0.2, -0.15) is 0 Å². The van der Waals surface area contributed by atoms with Crippen LogP contribution in [0.1, 0.15) is 17.2 Å². The van der Waals surface area contributed by atoms with E-state index in [1.165, 1.54) is 13.2 Å². The molecule has 20 heavy (non-hydrogen) atoms. The maximum Gasteiger partial charge on any atom is 0.141 e. The molecular weight excluding hydrogens is 368 g/mol. The first-order valence-corrected chi connectivity index (χ1v) is 7.22. The van der Waals surface area contributed by atoms with Crippen molar-refractivity contribution in [2.24, 2.45) is 5.73 Å². The van der Waals surface area contributed by atoms with E-state index in [1.54, 1.807) is 24.3 Å². The summed E-state index contributed by atoms with van der Waals surface area (Å²) in [5, 5.41) is 0.870. The molecule has 2 aromatic rings. The Balaban J connectivity index is 2.49. The van der Waals surface area contributed by atoms with E-state index in [0.29, 0.717) is 25.8 Å². The van der Waals surface area contributed by atoms with Crippen molar-refractivity contribution in [3.63, 3.8) is 0 Å². The number of methoxy groups -OCH3 is 1. The van der Waals surface area contributed by atoms with Gasteiger partial charge in [0.25, 0.3) is 0 Å². The molecule has 0 aliphatic carbocycles. The third-order valence-corrected chi connectivity index (χ3v) is 4.26. The fourth-order valence-electron chi connectivity index (χ4n) is 1.85. The molecule has 0 amide bonds. The molecule has 2 N–H and O–H groups in total. The summed E-state index contributed by atoms with van der Waals surface area (Å²) in [4.78, 5) is 0. The third kappa shape index (κ3) is 3.09. The highest BCUT2D eigenvalue weighted by atomic mass is 79.9. The molecule has 2 rings (SSSR count). The number of halogens is 4. The standard InChI is InChI=1S/C14H11BrCl2FNO/c1-20-13-6-12(18)9(15)5-8(13)14(19)7-2-3-10(16)11(17)4-7/h2-6,14H,19H2,1H3. The molecular formula is C14H11BrCl2FNO. The largest absolute Gasteiger partial charge is 0.496 e. The van der Waals surface area contributed by atoms with Gasteiger partial charge in [0.15, 0.2) is 0 Å². The van der Waals surface area contributed by atoms with Crippen molar-refractivity contribution in [3.05, 3.63) is 61.8 Å². The summed E-state index contributed by atoms with van der Waals surface area (Å²) in [6.07, 6.45) is 0. The smallest absolute Gasteiger partial charge is 0.141 e. The zero-order valence-electron chi connectivity index (χ0n) is 10.5. The van der Waals surface area contributed by atoms with Crippen molar-refractivity contribution < 1.29 is 9.13 Å². The molecule has 0 radical (unpaired) electrons. The van der Waals surface area contributed by atoms with Gasteiger partial charge in [-0.1, -0.05) is 29.3 Å².